The molecule has 3 amide bonds. The van der Waals surface area contributed by atoms with E-state index >= 15 is 0 Å². The van der Waals surface area contributed by atoms with Crippen LogP contribution in [-0.2, 0) is 4.79 Å². The zero-order valence-electron chi connectivity index (χ0n) is 19.1. The molecule has 34 heavy (non-hydrogen) atoms. The zero-order valence-corrected chi connectivity index (χ0v) is 19.9. The Bertz CT molecular complexity index is 1190. The van der Waals surface area contributed by atoms with Crippen LogP contribution < -0.4 is 4.74 Å². The second-order valence-electron chi connectivity index (χ2n) is 8.64. The number of urea groups is 1. The summed E-state index contributed by atoms with van der Waals surface area (Å²) < 4.78 is 5.32. The van der Waals surface area contributed by atoms with Crippen LogP contribution in [0.15, 0.2) is 72.1 Å². The number of hydrogen-bond donors (Lipinski definition) is 0. The summed E-state index contributed by atoms with van der Waals surface area (Å²) in [6.07, 6.45) is 0.682. The summed E-state index contributed by atoms with van der Waals surface area (Å²) in [5.74, 6) is -0.643. The number of carbonyl (C=O) groups excluding carboxylic acids is 3. The fourth-order valence-corrected chi connectivity index (χ4v) is 6.21. The molecule has 0 saturated carbocycles. The van der Waals surface area contributed by atoms with Crippen LogP contribution in [0, 0.1) is 5.92 Å². The maximum Gasteiger partial charge on any atom is 0.328 e. The van der Waals surface area contributed by atoms with E-state index in [1.807, 2.05) is 66.9 Å². The summed E-state index contributed by atoms with van der Waals surface area (Å²) in [7, 11) is 1.60. The molecule has 0 N–H and O–H groups in total. The lowest BCUT2D eigenvalue weighted by atomic mass is 9.77. The van der Waals surface area contributed by atoms with Gasteiger partial charge in [-0.25, -0.2) is 4.79 Å². The number of amides is 3. The number of rotatable bonds is 7. The Balaban J connectivity index is 1.69. The largest absolute Gasteiger partial charge is 0.497 e. The lowest BCUT2D eigenvalue weighted by Gasteiger charge is -2.28. The minimum atomic E-state index is -0.725. The van der Waals surface area contributed by atoms with Gasteiger partial charge >= 0.3 is 6.03 Å². The van der Waals surface area contributed by atoms with Gasteiger partial charge in [-0.3, -0.25) is 14.5 Å². The first-order chi connectivity index (χ1) is 16.6. The van der Waals surface area contributed by atoms with E-state index in [9.17, 15) is 14.4 Å². The Morgan fingerprint density at radius 2 is 1.71 bits per heavy atom. The lowest BCUT2D eigenvalue weighted by Crippen LogP contribution is -2.38. The van der Waals surface area contributed by atoms with Gasteiger partial charge in [0.15, 0.2) is 5.78 Å². The molecule has 4 unspecified atom stereocenters. The Morgan fingerprint density at radius 3 is 2.32 bits per heavy atom. The number of Topliss-reactive ketones (excluding diaryl/α,β-unsaturated/α-hetero) is 1. The van der Waals surface area contributed by atoms with Crippen molar-refractivity contribution in [2.24, 2.45) is 5.92 Å². The monoisotopic (exact) mass is 474 g/mol. The van der Waals surface area contributed by atoms with E-state index in [1.165, 1.54) is 16.2 Å². The molecule has 2 aliphatic heterocycles. The average Bonchev–Trinajstić information content (AvgIpc) is 3.57. The van der Waals surface area contributed by atoms with E-state index in [1.54, 1.807) is 24.1 Å². The van der Waals surface area contributed by atoms with Gasteiger partial charge in [0.25, 0.3) is 5.91 Å². The highest BCUT2D eigenvalue weighted by Crippen LogP contribution is 2.54. The molecule has 3 aromatic rings. The Kier molecular flexibility index (Phi) is 5.96. The van der Waals surface area contributed by atoms with Crippen LogP contribution >= 0.6 is 11.3 Å². The molecule has 0 spiro atoms. The summed E-state index contributed by atoms with van der Waals surface area (Å²) in [5.41, 5.74) is 1.43. The van der Waals surface area contributed by atoms with Crippen molar-refractivity contribution in [2.75, 3.05) is 13.7 Å². The summed E-state index contributed by atoms with van der Waals surface area (Å²) in [6.45, 7) is 2.32. The van der Waals surface area contributed by atoms with Crippen molar-refractivity contribution in [2.45, 2.75) is 31.3 Å². The molecule has 0 radical (unpaired) electrons. The standard InChI is InChI=1S/C27H26N2O4S/c1-3-15-28-26(31)24-21(17-11-13-19(33-2)14-12-17)22(25(30)18-8-5-4-6-9-18)23(29(24)27(28)32)20-10-7-16-34-20/h4-14,16,21-24H,3,15H2,1-2H3. The molecular weight excluding hydrogens is 448 g/mol. The Hall–Kier alpha value is -3.45. The van der Waals surface area contributed by atoms with Gasteiger partial charge in [-0.15, -0.1) is 11.3 Å². The number of methoxy groups -OCH3 is 1. The highest BCUT2D eigenvalue weighted by Gasteiger charge is 2.63. The van der Waals surface area contributed by atoms with Gasteiger partial charge < -0.3 is 9.64 Å². The number of hydrogen-bond acceptors (Lipinski definition) is 5. The number of carbonyl (C=O) groups is 3. The van der Waals surface area contributed by atoms with Crippen LogP contribution in [0.5, 0.6) is 5.75 Å². The maximum absolute atomic E-state index is 14.0. The maximum atomic E-state index is 14.0. The van der Waals surface area contributed by atoms with Gasteiger partial charge in [-0.1, -0.05) is 55.5 Å². The highest BCUT2D eigenvalue weighted by molar-refractivity contribution is 7.10. The number of nitrogens with zero attached hydrogens (tertiary/aromatic N) is 2. The molecule has 6 nitrogen and oxygen atoms in total. The van der Waals surface area contributed by atoms with Crippen molar-refractivity contribution in [1.29, 1.82) is 0 Å². The highest BCUT2D eigenvalue weighted by atomic mass is 32.1. The third kappa shape index (κ3) is 3.51. The van der Waals surface area contributed by atoms with Crippen molar-refractivity contribution in [1.82, 2.24) is 9.80 Å². The van der Waals surface area contributed by atoms with Crippen LogP contribution in [0.1, 0.15) is 46.1 Å². The molecule has 7 heteroatoms. The minimum Gasteiger partial charge on any atom is -0.497 e. The summed E-state index contributed by atoms with van der Waals surface area (Å²) in [4.78, 5) is 45.2. The quantitative estimate of drug-likeness (QED) is 0.351. The van der Waals surface area contributed by atoms with Crippen molar-refractivity contribution in [3.63, 3.8) is 0 Å². The molecule has 1 aromatic heterocycles. The Labute approximate surface area is 202 Å². The van der Waals surface area contributed by atoms with Crippen LogP contribution in [0.4, 0.5) is 4.79 Å². The number of ketones is 1. The molecule has 3 heterocycles. The topological polar surface area (TPSA) is 66.9 Å². The number of thiophene rings is 1. The fraction of sp³-hybridized carbons (Fsp3) is 0.296. The first-order valence-corrected chi connectivity index (χ1v) is 12.3. The van der Waals surface area contributed by atoms with E-state index < -0.39 is 23.9 Å². The first kappa shape index (κ1) is 22.3. The van der Waals surface area contributed by atoms with E-state index in [0.29, 0.717) is 24.3 Å². The van der Waals surface area contributed by atoms with Gasteiger partial charge in [-0.05, 0) is 35.6 Å². The molecule has 2 aromatic carbocycles. The molecule has 2 saturated heterocycles. The van der Waals surface area contributed by atoms with Gasteiger partial charge in [0.1, 0.15) is 11.8 Å². The summed E-state index contributed by atoms with van der Waals surface area (Å²) in [5, 5.41) is 1.95. The normalized spacial score (nSPS) is 23.9. The summed E-state index contributed by atoms with van der Waals surface area (Å²) in [6, 6.07) is 19.0. The number of fused-ring (bicyclic) bond motifs is 1. The fourth-order valence-electron chi connectivity index (χ4n) is 5.34. The SMILES string of the molecule is CCCN1C(=O)C2C(c3ccc(OC)cc3)C(C(=O)c3ccccc3)C(c3cccs3)N2C1=O. The average molecular weight is 475 g/mol. The van der Waals surface area contributed by atoms with Crippen molar-refractivity contribution >= 4 is 29.1 Å². The third-order valence-electron chi connectivity index (χ3n) is 6.78. The summed E-state index contributed by atoms with van der Waals surface area (Å²) >= 11 is 1.51. The second kappa shape index (κ2) is 9.06. The van der Waals surface area contributed by atoms with Crippen LogP contribution in [0.2, 0.25) is 0 Å². The van der Waals surface area contributed by atoms with Crippen LogP contribution in [0.25, 0.3) is 0 Å². The van der Waals surface area contributed by atoms with E-state index in [4.69, 9.17) is 4.74 Å². The number of ether oxygens (including phenoxy) is 1. The van der Waals surface area contributed by atoms with Crippen molar-refractivity contribution in [3.05, 3.63) is 88.1 Å². The van der Waals surface area contributed by atoms with Gasteiger partial charge in [-0.2, -0.15) is 0 Å². The van der Waals surface area contributed by atoms with E-state index in [-0.39, 0.29) is 17.7 Å². The molecule has 2 fully saturated rings. The molecule has 0 bridgehead atoms. The number of imide groups is 1. The second-order valence-corrected chi connectivity index (χ2v) is 9.62. The predicted molar refractivity (Wildman–Crippen MR) is 130 cm³/mol. The zero-order chi connectivity index (χ0) is 23.8. The minimum absolute atomic E-state index is 0.0585. The Morgan fingerprint density at radius 1 is 0.971 bits per heavy atom. The number of benzene rings is 2. The van der Waals surface area contributed by atoms with Crippen LogP contribution in [0.3, 0.4) is 0 Å². The van der Waals surface area contributed by atoms with Gasteiger partial charge in [0.05, 0.1) is 19.1 Å². The van der Waals surface area contributed by atoms with E-state index in [0.717, 1.165) is 10.4 Å². The predicted octanol–water partition coefficient (Wildman–Crippen LogP) is 5.14. The van der Waals surface area contributed by atoms with Crippen molar-refractivity contribution < 1.29 is 19.1 Å². The molecular formula is C27H26N2O4S. The lowest BCUT2D eigenvalue weighted by molar-refractivity contribution is -0.128. The van der Waals surface area contributed by atoms with Crippen LogP contribution in [-0.4, -0.2) is 47.2 Å². The molecule has 0 aliphatic carbocycles. The first-order valence-electron chi connectivity index (χ1n) is 11.5. The molecule has 5 rings (SSSR count). The van der Waals surface area contributed by atoms with E-state index in [2.05, 4.69) is 0 Å². The molecule has 2 aliphatic rings. The van der Waals surface area contributed by atoms with Gasteiger partial charge in [0.2, 0.25) is 0 Å². The van der Waals surface area contributed by atoms with Crippen molar-refractivity contribution in [3.8, 4) is 5.75 Å². The van der Waals surface area contributed by atoms with Gasteiger partial charge in [0, 0.05) is 22.9 Å². The molecule has 174 valence electrons. The third-order valence-corrected chi connectivity index (χ3v) is 7.72. The smallest absolute Gasteiger partial charge is 0.328 e. The molecule has 4 atom stereocenters.